The molecule has 2 rings (SSSR count). The number of carbonyl (C=O) groups excluding carboxylic acids is 1. The lowest BCUT2D eigenvalue weighted by molar-refractivity contribution is 0.102. The van der Waals surface area contributed by atoms with Crippen molar-refractivity contribution in [2.45, 2.75) is 6.92 Å². The van der Waals surface area contributed by atoms with Crippen LogP contribution in [0.5, 0.6) is 0 Å². The summed E-state index contributed by atoms with van der Waals surface area (Å²) in [6.45, 7) is 1.96. The molecule has 1 amide bonds. The Hall–Kier alpha value is -2.00. The molecule has 0 aliphatic carbocycles. The molecule has 0 saturated heterocycles. The van der Waals surface area contributed by atoms with E-state index in [-0.39, 0.29) is 18.3 Å². The minimum absolute atomic E-state index is 0. The molecule has 0 saturated carbocycles. The molecular formula is C14H15ClN2O. The van der Waals surface area contributed by atoms with Crippen molar-refractivity contribution in [1.82, 2.24) is 0 Å². The number of hydrogen-bond donors (Lipinski definition) is 2. The lowest BCUT2D eigenvalue weighted by atomic mass is 10.1. The van der Waals surface area contributed by atoms with Crippen LogP contribution in [0.1, 0.15) is 15.9 Å². The van der Waals surface area contributed by atoms with Crippen molar-refractivity contribution in [3.8, 4) is 0 Å². The maximum absolute atomic E-state index is 11.9. The third kappa shape index (κ3) is 3.50. The summed E-state index contributed by atoms with van der Waals surface area (Å²) in [6.07, 6.45) is 0. The summed E-state index contributed by atoms with van der Waals surface area (Å²) in [5.74, 6) is -0.113. The van der Waals surface area contributed by atoms with Crippen LogP contribution in [0.25, 0.3) is 0 Å². The Labute approximate surface area is 112 Å². The molecule has 0 aromatic heterocycles. The van der Waals surface area contributed by atoms with Gasteiger partial charge in [-0.1, -0.05) is 17.7 Å². The molecule has 2 aromatic carbocycles. The van der Waals surface area contributed by atoms with E-state index in [1.807, 2.05) is 25.1 Å². The summed E-state index contributed by atoms with van der Waals surface area (Å²) in [6, 6.07) is 14.5. The molecule has 0 atom stereocenters. The average Bonchev–Trinajstić information content (AvgIpc) is 2.32. The Bertz CT molecular complexity index is 538. The smallest absolute Gasteiger partial charge is 0.255 e. The van der Waals surface area contributed by atoms with Crippen molar-refractivity contribution in [2.24, 2.45) is 0 Å². The zero-order valence-corrected chi connectivity index (χ0v) is 10.8. The first-order valence-electron chi connectivity index (χ1n) is 5.39. The number of hydrogen-bond acceptors (Lipinski definition) is 2. The summed E-state index contributed by atoms with van der Waals surface area (Å²) in [5, 5.41) is 2.82. The van der Waals surface area contributed by atoms with E-state index >= 15 is 0 Å². The van der Waals surface area contributed by atoms with Crippen LogP contribution in [0.3, 0.4) is 0 Å². The fourth-order valence-corrected chi connectivity index (χ4v) is 1.56. The first-order valence-corrected chi connectivity index (χ1v) is 5.39. The van der Waals surface area contributed by atoms with Gasteiger partial charge < -0.3 is 11.1 Å². The molecule has 94 valence electrons. The van der Waals surface area contributed by atoms with Gasteiger partial charge in [0.05, 0.1) is 0 Å². The molecule has 0 aliphatic heterocycles. The maximum Gasteiger partial charge on any atom is 0.255 e. The van der Waals surface area contributed by atoms with Crippen molar-refractivity contribution >= 4 is 29.7 Å². The van der Waals surface area contributed by atoms with E-state index in [2.05, 4.69) is 5.32 Å². The number of benzene rings is 2. The molecule has 3 nitrogen and oxygen atoms in total. The van der Waals surface area contributed by atoms with Crippen LogP contribution < -0.4 is 11.1 Å². The van der Waals surface area contributed by atoms with Gasteiger partial charge in [0, 0.05) is 16.9 Å². The first-order chi connectivity index (χ1) is 8.15. The minimum atomic E-state index is -0.113. The number of carbonyl (C=O) groups is 1. The van der Waals surface area contributed by atoms with Crippen LogP contribution in [-0.2, 0) is 0 Å². The van der Waals surface area contributed by atoms with Crippen molar-refractivity contribution in [2.75, 3.05) is 11.1 Å². The third-order valence-electron chi connectivity index (χ3n) is 2.45. The Morgan fingerprint density at radius 2 is 1.78 bits per heavy atom. The van der Waals surface area contributed by atoms with Crippen LogP contribution in [-0.4, -0.2) is 5.91 Å². The van der Waals surface area contributed by atoms with Crippen LogP contribution >= 0.6 is 12.4 Å². The van der Waals surface area contributed by atoms with Gasteiger partial charge in [-0.05, 0) is 43.3 Å². The van der Waals surface area contributed by atoms with E-state index in [0.29, 0.717) is 11.3 Å². The minimum Gasteiger partial charge on any atom is -0.399 e. The van der Waals surface area contributed by atoms with Crippen LogP contribution in [0.4, 0.5) is 11.4 Å². The van der Waals surface area contributed by atoms with E-state index in [1.54, 1.807) is 30.3 Å². The second-order valence-corrected chi connectivity index (χ2v) is 3.95. The molecule has 18 heavy (non-hydrogen) atoms. The molecule has 3 N–H and O–H groups in total. The van der Waals surface area contributed by atoms with E-state index in [4.69, 9.17) is 5.73 Å². The fourth-order valence-electron chi connectivity index (χ4n) is 1.56. The molecule has 0 aliphatic rings. The highest BCUT2D eigenvalue weighted by molar-refractivity contribution is 6.04. The number of nitrogens with two attached hydrogens (primary N) is 1. The lowest BCUT2D eigenvalue weighted by Gasteiger charge is -2.06. The van der Waals surface area contributed by atoms with Gasteiger partial charge in [0.1, 0.15) is 0 Å². The largest absolute Gasteiger partial charge is 0.399 e. The van der Waals surface area contributed by atoms with E-state index in [9.17, 15) is 4.79 Å². The molecule has 0 unspecified atom stereocenters. The number of amides is 1. The van der Waals surface area contributed by atoms with E-state index in [1.165, 1.54) is 0 Å². The second kappa shape index (κ2) is 6.07. The number of anilines is 2. The standard InChI is InChI=1S/C14H14N2O.ClH/c1-10-3-2-4-11(9-10)14(17)16-13-7-5-12(15)6-8-13;/h2-9H,15H2,1H3,(H,16,17);1H. The predicted molar refractivity (Wildman–Crippen MR) is 77.2 cm³/mol. The topological polar surface area (TPSA) is 55.1 Å². The van der Waals surface area contributed by atoms with Gasteiger partial charge in [-0.2, -0.15) is 0 Å². The zero-order valence-electron chi connectivity index (χ0n) is 10.0. The Balaban J connectivity index is 0.00000162. The zero-order chi connectivity index (χ0) is 12.3. The first kappa shape index (κ1) is 14.1. The van der Waals surface area contributed by atoms with Crippen LogP contribution in [0, 0.1) is 6.92 Å². The van der Waals surface area contributed by atoms with Gasteiger partial charge in [-0.3, -0.25) is 4.79 Å². The summed E-state index contributed by atoms with van der Waals surface area (Å²) >= 11 is 0. The molecule has 4 heteroatoms. The summed E-state index contributed by atoms with van der Waals surface area (Å²) in [4.78, 5) is 11.9. The number of halogens is 1. The Morgan fingerprint density at radius 3 is 2.39 bits per heavy atom. The summed E-state index contributed by atoms with van der Waals surface area (Å²) in [5.41, 5.74) is 8.72. The number of rotatable bonds is 2. The highest BCUT2D eigenvalue weighted by Gasteiger charge is 2.05. The van der Waals surface area contributed by atoms with Gasteiger partial charge in [0.25, 0.3) is 5.91 Å². The summed E-state index contributed by atoms with van der Waals surface area (Å²) < 4.78 is 0. The highest BCUT2D eigenvalue weighted by Crippen LogP contribution is 2.12. The number of nitrogen functional groups attached to an aromatic ring is 1. The average molecular weight is 263 g/mol. The highest BCUT2D eigenvalue weighted by atomic mass is 35.5. The predicted octanol–water partition coefficient (Wildman–Crippen LogP) is 3.25. The third-order valence-corrected chi connectivity index (χ3v) is 2.45. The van der Waals surface area contributed by atoms with Crippen molar-refractivity contribution in [3.63, 3.8) is 0 Å². The van der Waals surface area contributed by atoms with Crippen LogP contribution in [0.2, 0.25) is 0 Å². The molecule has 0 heterocycles. The van der Waals surface area contributed by atoms with Crippen molar-refractivity contribution in [3.05, 3.63) is 59.7 Å². The SMILES string of the molecule is Cc1cccc(C(=O)Nc2ccc(N)cc2)c1.Cl. The quantitative estimate of drug-likeness (QED) is 0.817. The van der Waals surface area contributed by atoms with Gasteiger partial charge >= 0.3 is 0 Å². The molecule has 0 bridgehead atoms. The van der Waals surface area contributed by atoms with Gasteiger partial charge in [-0.15, -0.1) is 12.4 Å². The lowest BCUT2D eigenvalue weighted by Crippen LogP contribution is -2.11. The molecule has 0 fully saturated rings. The van der Waals surface area contributed by atoms with E-state index < -0.39 is 0 Å². The van der Waals surface area contributed by atoms with Crippen molar-refractivity contribution < 1.29 is 4.79 Å². The normalized spacial score (nSPS) is 9.39. The van der Waals surface area contributed by atoms with Gasteiger partial charge in [-0.25, -0.2) is 0 Å². The van der Waals surface area contributed by atoms with E-state index in [0.717, 1.165) is 11.3 Å². The molecular weight excluding hydrogens is 248 g/mol. The molecule has 0 spiro atoms. The Morgan fingerprint density at radius 1 is 1.11 bits per heavy atom. The molecule has 0 radical (unpaired) electrons. The molecule has 2 aromatic rings. The maximum atomic E-state index is 11.9. The van der Waals surface area contributed by atoms with Gasteiger partial charge in [0.2, 0.25) is 0 Å². The number of nitrogens with one attached hydrogen (secondary N) is 1. The van der Waals surface area contributed by atoms with Crippen LogP contribution in [0.15, 0.2) is 48.5 Å². The fraction of sp³-hybridized carbons (Fsp3) is 0.0714. The Kier molecular flexibility index (Phi) is 4.75. The van der Waals surface area contributed by atoms with Gasteiger partial charge in [0.15, 0.2) is 0 Å². The second-order valence-electron chi connectivity index (χ2n) is 3.95. The van der Waals surface area contributed by atoms with Crippen molar-refractivity contribution in [1.29, 1.82) is 0 Å². The number of aryl methyl sites for hydroxylation is 1. The summed E-state index contributed by atoms with van der Waals surface area (Å²) in [7, 11) is 0. The monoisotopic (exact) mass is 262 g/mol.